The van der Waals surface area contributed by atoms with Crippen molar-refractivity contribution in [1.82, 2.24) is 5.32 Å². The maximum atomic E-state index is 6.33. The van der Waals surface area contributed by atoms with E-state index in [9.17, 15) is 0 Å². The van der Waals surface area contributed by atoms with Crippen LogP contribution in [0.2, 0.25) is 0 Å². The molecule has 3 rings (SSSR count). The van der Waals surface area contributed by atoms with Gasteiger partial charge >= 0.3 is 0 Å². The van der Waals surface area contributed by atoms with Crippen LogP contribution in [0.25, 0.3) is 0 Å². The Morgan fingerprint density at radius 2 is 2.06 bits per heavy atom. The Hall–Kier alpha value is -0.530. The highest BCUT2D eigenvalue weighted by Gasteiger charge is 2.29. The van der Waals surface area contributed by atoms with Gasteiger partial charge in [-0.2, -0.15) is 0 Å². The number of hydrogen-bond acceptors (Lipinski definition) is 1. The number of nitrogens with one attached hydrogen (secondary N) is 1. The molecule has 0 aliphatic heterocycles. The molecule has 0 radical (unpaired) electrons. The van der Waals surface area contributed by atoms with Gasteiger partial charge in [0, 0.05) is 18.5 Å². The highest BCUT2D eigenvalue weighted by molar-refractivity contribution is 6.21. The van der Waals surface area contributed by atoms with Gasteiger partial charge in [0.05, 0.1) is 0 Å². The molecule has 2 atom stereocenters. The first kappa shape index (κ1) is 12.5. The van der Waals surface area contributed by atoms with Crippen LogP contribution in [0.5, 0.6) is 0 Å². The first-order chi connectivity index (χ1) is 8.84. The van der Waals surface area contributed by atoms with Gasteiger partial charge in [0.25, 0.3) is 0 Å². The Labute approximate surface area is 115 Å². The molecule has 0 saturated heterocycles. The largest absolute Gasteiger partial charge is 0.315 e. The molecule has 1 aromatic rings. The van der Waals surface area contributed by atoms with E-state index in [1.165, 1.54) is 32.1 Å². The molecule has 0 aromatic heterocycles. The van der Waals surface area contributed by atoms with E-state index < -0.39 is 0 Å². The Bertz CT molecular complexity index is 400. The lowest BCUT2D eigenvalue weighted by atomic mass is 9.83. The minimum absolute atomic E-state index is 0.351. The normalized spacial score (nSPS) is 24.6. The van der Waals surface area contributed by atoms with Crippen molar-refractivity contribution in [2.24, 2.45) is 5.92 Å². The van der Waals surface area contributed by atoms with Gasteiger partial charge < -0.3 is 5.32 Å². The summed E-state index contributed by atoms with van der Waals surface area (Å²) in [6, 6.07) is 8.93. The minimum Gasteiger partial charge on any atom is -0.315 e. The molecule has 0 spiro atoms. The van der Waals surface area contributed by atoms with Gasteiger partial charge in [-0.05, 0) is 55.1 Å². The van der Waals surface area contributed by atoms with E-state index in [-0.39, 0.29) is 0 Å². The number of alkyl halides is 1. The molecule has 1 fully saturated rings. The summed E-state index contributed by atoms with van der Waals surface area (Å²) in [7, 11) is 0. The molecular weight excluding hydrogens is 242 g/mol. The predicted octanol–water partition coefficient (Wildman–Crippen LogP) is 3.71. The third-order valence-electron chi connectivity index (χ3n) is 4.36. The minimum atomic E-state index is 0.351. The number of halogens is 1. The van der Waals surface area contributed by atoms with Crippen molar-refractivity contribution in [3.05, 3.63) is 35.4 Å². The lowest BCUT2D eigenvalue weighted by Crippen LogP contribution is -2.30. The number of rotatable bonds is 5. The molecule has 0 amide bonds. The van der Waals surface area contributed by atoms with Crippen molar-refractivity contribution < 1.29 is 0 Å². The molecule has 1 nitrogen and oxygen atoms in total. The zero-order valence-corrected chi connectivity index (χ0v) is 11.6. The molecule has 2 heteroatoms. The lowest BCUT2D eigenvalue weighted by Gasteiger charge is -2.26. The van der Waals surface area contributed by atoms with Crippen LogP contribution in [0.1, 0.15) is 42.7 Å². The maximum Gasteiger partial charge on any atom is 0.0488 e. The van der Waals surface area contributed by atoms with E-state index in [2.05, 4.69) is 29.6 Å². The van der Waals surface area contributed by atoms with Crippen molar-refractivity contribution in [3.63, 3.8) is 0 Å². The number of hydrogen-bond donors (Lipinski definition) is 1. The molecule has 18 heavy (non-hydrogen) atoms. The van der Waals surface area contributed by atoms with Crippen LogP contribution in [-0.2, 0) is 6.42 Å². The van der Waals surface area contributed by atoms with E-state index in [1.807, 2.05) is 0 Å². The molecule has 0 heterocycles. The van der Waals surface area contributed by atoms with E-state index in [0.717, 1.165) is 19.0 Å². The van der Waals surface area contributed by atoms with Crippen molar-refractivity contribution in [2.75, 3.05) is 13.1 Å². The van der Waals surface area contributed by atoms with Gasteiger partial charge in [-0.3, -0.25) is 0 Å². The van der Waals surface area contributed by atoms with Crippen molar-refractivity contribution in [1.29, 1.82) is 0 Å². The third-order valence-corrected chi connectivity index (χ3v) is 4.87. The van der Waals surface area contributed by atoms with Crippen LogP contribution < -0.4 is 5.32 Å². The average molecular weight is 264 g/mol. The molecule has 2 aliphatic carbocycles. The predicted molar refractivity (Wildman–Crippen MR) is 77.4 cm³/mol. The summed E-state index contributed by atoms with van der Waals surface area (Å²) in [4.78, 5) is 0. The SMILES string of the molecule is ClC(CNCC1CCCc2ccccc21)C1CC1. The number of fused-ring (bicyclic) bond motifs is 1. The Balaban J connectivity index is 1.53. The molecule has 1 saturated carbocycles. The summed E-state index contributed by atoms with van der Waals surface area (Å²) in [5, 5.41) is 3.94. The summed E-state index contributed by atoms with van der Waals surface area (Å²) in [6.07, 6.45) is 6.58. The fourth-order valence-corrected chi connectivity index (χ4v) is 3.45. The second kappa shape index (κ2) is 5.63. The lowest BCUT2D eigenvalue weighted by molar-refractivity contribution is 0.499. The van der Waals surface area contributed by atoms with Gasteiger partial charge in [0.1, 0.15) is 0 Å². The fourth-order valence-electron chi connectivity index (χ4n) is 3.09. The monoisotopic (exact) mass is 263 g/mol. The second-order valence-electron chi connectivity index (χ2n) is 5.80. The standard InChI is InChI=1S/C16H22ClN/c17-16(13-8-9-13)11-18-10-14-6-3-5-12-4-1-2-7-15(12)14/h1-2,4,7,13-14,16,18H,3,5-6,8-11H2. The summed E-state index contributed by atoms with van der Waals surface area (Å²) >= 11 is 6.33. The van der Waals surface area contributed by atoms with Crippen molar-refractivity contribution in [3.8, 4) is 0 Å². The molecular formula is C16H22ClN. The molecule has 1 N–H and O–H groups in total. The van der Waals surface area contributed by atoms with Crippen LogP contribution in [0.3, 0.4) is 0 Å². The number of benzene rings is 1. The Kier molecular flexibility index (Phi) is 3.91. The van der Waals surface area contributed by atoms with Gasteiger partial charge in [-0.25, -0.2) is 0 Å². The van der Waals surface area contributed by atoms with Crippen molar-refractivity contribution in [2.45, 2.75) is 43.4 Å². The molecule has 1 aromatic carbocycles. The second-order valence-corrected chi connectivity index (χ2v) is 6.36. The smallest absolute Gasteiger partial charge is 0.0488 e. The average Bonchev–Trinajstić information content (AvgIpc) is 3.23. The van der Waals surface area contributed by atoms with Gasteiger partial charge in [0.15, 0.2) is 0 Å². The summed E-state index contributed by atoms with van der Waals surface area (Å²) in [5.41, 5.74) is 3.12. The van der Waals surface area contributed by atoms with Gasteiger partial charge in [-0.15, -0.1) is 11.6 Å². The molecule has 98 valence electrons. The zero-order valence-electron chi connectivity index (χ0n) is 10.9. The van der Waals surface area contributed by atoms with Crippen LogP contribution in [0.4, 0.5) is 0 Å². The van der Waals surface area contributed by atoms with Crippen LogP contribution in [0, 0.1) is 5.92 Å². The fraction of sp³-hybridized carbons (Fsp3) is 0.625. The van der Waals surface area contributed by atoms with E-state index >= 15 is 0 Å². The molecule has 2 unspecified atom stereocenters. The quantitative estimate of drug-likeness (QED) is 0.799. The number of aryl methyl sites for hydroxylation is 1. The van der Waals surface area contributed by atoms with Gasteiger partial charge in [-0.1, -0.05) is 24.3 Å². The summed E-state index contributed by atoms with van der Waals surface area (Å²) < 4.78 is 0. The Morgan fingerprint density at radius 1 is 1.22 bits per heavy atom. The Morgan fingerprint density at radius 3 is 2.89 bits per heavy atom. The zero-order chi connectivity index (χ0) is 12.4. The topological polar surface area (TPSA) is 12.0 Å². The first-order valence-electron chi connectivity index (χ1n) is 7.27. The third kappa shape index (κ3) is 2.89. The first-order valence-corrected chi connectivity index (χ1v) is 7.71. The van der Waals surface area contributed by atoms with Crippen LogP contribution in [-0.4, -0.2) is 18.5 Å². The van der Waals surface area contributed by atoms with Gasteiger partial charge in [0.2, 0.25) is 0 Å². The van der Waals surface area contributed by atoms with Crippen LogP contribution >= 0.6 is 11.6 Å². The van der Waals surface area contributed by atoms with Crippen molar-refractivity contribution >= 4 is 11.6 Å². The summed E-state index contributed by atoms with van der Waals surface area (Å²) in [6.45, 7) is 2.07. The summed E-state index contributed by atoms with van der Waals surface area (Å²) in [5.74, 6) is 1.48. The molecule has 2 aliphatic rings. The molecule has 0 bridgehead atoms. The maximum absolute atomic E-state index is 6.33. The van der Waals surface area contributed by atoms with Crippen LogP contribution in [0.15, 0.2) is 24.3 Å². The highest BCUT2D eigenvalue weighted by atomic mass is 35.5. The highest BCUT2D eigenvalue weighted by Crippen LogP contribution is 2.35. The van der Waals surface area contributed by atoms with E-state index in [1.54, 1.807) is 11.1 Å². The van der Waals surface area contributed by atoms with E-state index in [0.29, 0.717) is 11.3 Å². The van der Waals surface area contributed by atoms with E-state index in [4.69, 9.17) is 11.6 Å².